The maximum Gasteiger partial charge on any atom is 0.255 e. The van der Waals surface area contributed by atoms with Gasteiger partial charge in [0.15, 0.2) is 0 Å². The third-order valence-electron chi connectivity index (χ3n) is 3.99. The van der Waals surface area contributed by atoms with E-state index in [2.05, 4.69) is 10.0 Å². The lowest BCUT2D eigenvalue weighted by molar-refractivity contribution is 0.102. The Bertz CT molecular complexity index is 906. The van der Waals surface area contributed by atoms with Gasteiger partial charge in [0.2, 0.25) is 10.0 Å². The first-order valence-electron chi connectivity index (χ1n) is 7.97. The number of sulfonamides is 1. The van der Waals surface area contributed by atoms with Crippen molar-refractivity contribution in [2.75, 3.05) is 11.6 Å². The standard InChI is InChI=1S/C18H20N2O3S2/c1-12-6-9-16(25(22,23)20-13-7-8-13)11-17(12)18(21)19-14-4-3-5-15(10-14)24-2/h3-6,9-11,13,20H,7-8H2,1-2H3,(H,19,21). The first-order valence-corrected chi connectivity index (χ1v) is 10.7. The van der Waals surface area contributed by atoms with Crippen molar-refractivity contribution in [1.29, 1.82) is 0 Å². The summed E-state index contributed by atoms with van der Waals surface area (Å²) in [6.07, 6.45) is 3.70. The van der Waals surface area contributed by atoms with Crippen molar-refractivity contribution in [3.63, 3.8) is 0 Å². The number of aryl methyl sites for hydroxylation is 1. The van der Waals surface area contributed by atoms with Crippen molar-refractivity contribution in [2.24, 2.45) is 0 Å². The fourth-order valence-electron chi connectivity index (χ4n) is 2.40. The summed E-state index contributed by atoms with van der Waals surface area (Å²) in [5.41, 5.74) is 1.76. The first-order chi connectivity index (χ1) is 11.9. The summed E-state index contributed by atoms with van der Waals surface area (Å²) in [4.78, 5) is 13.8. The van der Waals surface area contributed by atoms with Crippen LogP contribution in [0.25, 0.3) is 0 Å². The second-order valence-electron chi connectivity index (χ2n) is 6.06. The molecule has 1 aliphatic rings. The molecular formula is C18H20N2O3S2. The molecule has 132 valence electrons. The second kappa shape index (κ2) is 7.19. The summed E-state index contributed by atoms with van der Waals surface area (Å²) >= 11 is 1.59. The monoisotopic (exact) mass is 376 g/mol. The van der Waals surface area contributed by atoms with E-state index in [9.17, 15) is 13.2 Å². The molecule has 7 heteroatoms. The minimum atomic E-state index is -3.59. The number of carbonyl (C=O) groups excluding carboxylic acids is 1. The SMILES string of the molecule is CSc1cccc(NC(=O)c2cc(S(=O)(=O)NC3CC3)ccc2C)c1. The molecule has 0 unspecified atom stereocenters. The Kier molecular flexibility index (Phi) is 5.17. The summed E-state index contributed by atoms with van der Waals surface area (Å²) in [6, 6.07) is 12.2. The lowest BCUT2D eigenvalue weighted by atomic mass is 10.1. The zero-order valence-electron chi connectivity index (χ0n) is 14.1. The van der Waals surface area contributed by atoms with Gasteiger partial charge in [0, 0.05) is 22.2 Å². The molecule has 1 fully saturated rings. The molecule has 0 heterocycles. The van der Waals surface area contributed by atoms with E-state index in [1.54, 1.807) is 24.8 Å². The van der Waals surface area contributed by atoms with Crippen molar-refractivity contribution in [3.8, 4) is 0 Å². The molecular weight excluding hydrogens is 356 g/mol. The van der Waals surface area contributed by atoms with Crippen LogP contribution in [0.5, 0.6) is 0 Å². The van der Waals surface area contributed by atoms with Gasteiger partial charge in [-0.2, -0.15) is 0 Å². The Labute approximate surface area is 152 Å². The van der Waals surface area contributed by atoms with Crippen molar-refractivity contribution >= 4 is 33.4 Å². The van der Waals surface area contributed by atoms with E-state index >= 15 is 0 Å². The molecule has 1 saturated carbocycles. The molecule has 0 radical (unpaired) electrons. The van der Waals surface area contributed by atoms with E-state index in [1.165, 1.54) is 12.1 Å². The van der Waals surface area contributed by atoms with E-state index in [4.69, 9.17) is 0 Å². The van der Waals surface area contributed by atoms with Crippen molar-refractivity contribution in [1.82, 2.24) is 4.72 Å². The predicted octanol–water partition coefficient (Wildman–Crippen LogP) is 3.41. The summed E-state index contributed by atoms with van der Waals surface area (Å²) in [5.74, 6) is -0.320. The van der Waals surface area contributed by atoms with Crippen molar-refractivity contribution in [2.45, 2.75) is 35.6 Å². The van der Waals surface area contributed by atoms with E-state index in [0.29, 0.717) is 11.3 Å². The smallest absolute Gasteiger partial charge is 0.255 e. The second-order valence-corrected chi connectivity index (χ2v) is 8.65. The average Bonchev–Trinajstić information content (AvgIpc) is 3.38. The highest BCUT2D eigenvalue weighted by Crippen LogP contribution is 2.24. The van der Waals surface area contributed by atoms with Crippen LogP contribution in [0.1, 0.15) is 28.8 Å². The van der Waals surface area contributed by atoms with E-state index in [-0.39, 0.29) is 16.8 Å². The fraction of sp³-hybridized carbons (Fsp3) is 0.278. The van der Waals surface area contributed by atoms with E-state index in [0.717, 1.165) is 23.3 Å². The van der Waals surface area contributed by atoms with Gasteiger partial charge in [-0.05, 0) is 61.9 Å². The van der Waals surface area contributed by atoms with Crippen LogP contribution < -0.4 is 10.0 Å². The summed E-state index contributed by atoms with van der Waals surface area (Å²) in [5, 5.41) is 2.84. The molecule has 0 bridgehead atoms. The Morgan fingerprint density at radius 2 is 1.92 bits per heavy atom. The van der Waals surface area contributed by atoms with Crippen LogP contribution in [0.2, 0.25) is 0 Å². The number of amides is 1. The zero-order valence-corrected chi connectivity index (χ0v) is 15.7. The molecule has 5 nitrogen and oxygen atoms in total. The molecule has 2 aromatic rings. The highest BCUT2D eigenvalue weighted by molar-refractivity contribution is 7.98. The van der Waals surface area contributed by atoms with Crippen LogP contribution in [0, 0.1) is 6.92 Å². The molecule has 0 atom stereocenters. The first kappa shape index (κ1) is 18.0. The number of anilines is 1. The molecule has 1 amide bonds. The molecule has 2 aromatic carbocycles. The van der Waals surface area contributed by atoms with Crippen LogP contribution >= 0.6 is 11.8 Å². The van der Waals surface area contributed by atoms with Gasteiger partial charge in [0.05, 0.1) is 4.90 Å². The zero-order chi connectivity index (χ0) is 18.0. The highest BCUT2D eigenvalue weighted by Gasteiger charge is 2.28. The highest BCUT2D eigenvalue weighted by atomic mass is 32.2. The molecule has 1 aliphatic carbocycles. The minimum absolute atomic E-state index is 0.0258. The normalized spacial score (nSPS) is 14.3. The maximum absolute atomic E-state index is 12.6. The van der Waals surface area contributed by atoms with Crippen LogP contribution in [-0.2, 0) is 10.0 Å². The van der Waals surface area contributed by atoms with Gasteiger partial charge >= 0.3 is 0 Å². The minimum Gasteiger partial charge on any atom is -0.322 e. The Hall–Kier alpha value is -1.83. The Balaban J connectivity index is 1.85. The summed E-state index contributed by atoms with van der Waals surface area (Å²) < 4.78 is 27.4. The Morgan fingerprint density at radius 1 is 1.16 bits per heavy atom. The number of thioether (sulfide) groups is 1. The average molecular weight is 377 g/mol. The largest absolute Gasteiger partial charge is 0.322 e. The van der Waals surface area contributed by atoms with Gasteiger partial charge in [-0.1, -0.05) is 12.1 Å². The predicted molar refractivity (Wildman–Crippen MR) is 101 cm³/mol. The van der Waals surface area contributed by atoms with Gasteiger partial charge in [-0.25, -0.2) is 13.1 Å². The number of rotatable bonds is 6. The van der Waals surface area contributed by atoms with Gasteiger partial charge in [-0.15, -0.1) is 11.8 Å². The molecule has 0 aromatic heterocycles. The summed E-state index contributed by atoms with van der Waals surface area (Å²) in [6.45, 7) is 1.79. The lowest BCUT2D eigenvalue weighted by Crippen LogP contribution is -2.26. The van der Waals surface area contributed by atoms with Crippen molar-refractivity contribution < 1.29 is 13.2 Å². The van der Waals surface area contributed by atoms with Crippen LogP contribution in [0.15, 0.2) is 52.3 Å². The Morgan fingerprint density at radius 3 is 2.60 bits per heavy atom. The number of hydrogen-bond acceptors (Lipinski definition) is 4. The quantitative estimate of drug-likeness (QED) is 0.758. The molecule has 25 heavy (non-hydrogen) atoms. The van der Waals surface area contributed by atoms with Gasteiger partial charge in [0.25, 0.3) is 5.91 Å². The topological polar surface area (TPSA) is 75.3 Å². The van der Waals surface area contributed by atoms with Gasteiger partial charge in [0.1, 0.15) is 0 Å². The fourth-order valence-corrected chi connectivity index (χ4v) is 4.19. The third kappa shape index (κ3) is 4.42. The maximum atomic E-state index is 12.6. The molecule has 0 spiro atoms. The van der Waals surface area contributed by atoms with Crippen LogP contribution in [0.3, 0.4) is 0 Å². The van der Waals surface area contributed by atoms with Crippen LogP contribution in [0.4, 0.5) is 5.69 Å². The number of carbonyl (C=O) groups is 1. The molecule has 0 saturated heterocycles. The van der Waals surface area contributed by atoms with E-state index in [1.807, 2.05) is 30.5 Å². The lowest BCUT2D eigenvalue weighted by Gasteiger charge is -2.11. The summed E-state index contributed by atoms with van der Waals surface area (Å²) in [7, 11) is -3.59. The number of benzene rings is 2. The number of nitrogens with one attached hydrogen (secondary N) is 2. The van der Waals surface area contributed by atoms with E-state index < -0.39 is 10.0 Å². The third-order valence-corrected chi connectivity index (χ3v) is 6.23. The van der Waals surface area contributed by atoms with Crippen molar-refractivity contribution in [3.05, 3.63) is 53.6 Å². The van der Waals surface area contributed by atoms with Crippen LogP contribution in [-0.4, -0.2) is 26.6 Å². The number of hydrogen-bond donors (Lipinski definition) is 2. The molecule has 2 N–H and O–H groups in total. The molecule has 0 aliphatic heterocycles. The van der Waals surface area contributed by atoms with Gasteiger partial charge < -0.3 is 5.32 Å². The van der Waals surface area contributed by atoms with Gasteiger partial charge in [-0.3, -0.25) is 4.79 Å². The molecule has 3 rings (SSSR count).